The van der Waals surface area contributed by atoms with Crippen molar-refractivity contribution in [2.45, 2.75) is 13.5 Å². The Bertz CT molecular complexity index is 527. The molecular formula is C12H15N3O2. The van der Waals surface area contributed by atoms with Crippen LogP contribution < -0.4 is 0 Å². The first kappa shape index (κ1) is 11.4. The van der Waals surface area contributed by atoms with Crippen molar-refractivity contribution in [3.63, 3.8) is 0 Å². The highest BCUT2D eigenvalue weighted by Crippen LogP contribution is 2.10. The average Bonchev–Trinajstić information content (AvgIpc) is 2.87. The van der Waals surface area contributed by atoms with Gasteiger partial charge >= 0.3 is 0 Å². The summed E-state index contributed by atoms with van der Waals surface area (Å²) in [6, 6.07) is 3.76. The van der Waals surface area contributed by atoms with Crippen molar-refractivity contribution < 1.29 is 9.21 Å². The number of aryl methyl sites for hydroxylation is 2. The van der Waals surface area contributed by atoms with E-state index in [1.54, 1.807) is 36.1 Å². The largest absolute Gasteiger partial charge is 0.464 e. The lowest BCUT2D eigenvalue weighted by Gasteiger charge is -2.14. The molecule has 0 N–H and O–H groups in total. The quantitative estimate of drug-likeness (QED) is 0.809. The number of aromatic nitrogens is 2. The van der Waals surface area contributed by atoms with Crippen LogP contribution in [0, 0.1) is 6.92 Å². The van der Waals surface area contributed by atoms with Crippen LogP contribution in [0.15, 0.2) is 28.9 Å². The SMILES string of the molecule is Cc1ccc(CN(C)C(=O)c2cnn(C)c2)o1. The molecule has 0 spiro atoms. The van der Waals surface area contributed by atoms with Gasteiger partial charge in [0, 0.05) is 20.3 Å². The Kier molecular flexibility index (Phi) is 2.99. The van der Waals surface area contributed by atoms with Gasteiger partial charge in [0.05, 0.1) is 18.3 Å². The van der Waals surface area contributed by atoms with Crippen molar-refractivity contribution in [2.24, 2.45) is 7.05 Å². The van der Waals surface area contributed by atoms with Crippen LogP contribution in [0.1, 0.15) is 21.9 Å². The highest BCUT2D eigenvalue weighted by Gasteiger charge is 2.14. The fraction of sp³-hybridized carbons (Fsp3) is 0.333. The Labute approximate surface area is 99.6 Å². The molecule has 2 heterocycles. The molecule has 0 saturated carbocycles. The summed E-state index contributed by atoms with van der Waals surface area (Å²) in [5.74, 6) is 1.57. The van der Waals surface area contributed by atoms with Crippen LogP contribution in [0.4, 0.5) is 0 Å². The van der Waals surface area contributed by atoms with Crippen molar-refractivity contribution in [3.05, 3.63) is 41.6 Å². The van der Waals surface area contributed by atoms with Crippen LogP contribution >= 0.6 is 0 Å². The zero-order chi connectivity index (χ0) is 12.4. The van der Waals surface area contributed by atoms with Gasteiger partial charge in [-0.1, -0.05) is 0 Å². The minimum Gasteiger partial charge on any atom is -0.464 e. The Balaban J connectivity index is 2.05. The fourth-order valence-corrected chi connectivity index (χ4v) is 1.63. The molecule has 2 aromatic heterocycles. The smallest absolute Gasteiger partial charge is 0.257 e. The van der Waals surface area contributed by atoms with Crippen molar-refractivity contribution in [1.29, 1.82) is 0 Å². The molecule has 5 nitrogen and oxygen atoms in total. The molecule has 0 aliphatic rings. The Morgan fingerprint density at radius 2 is 2.29 bits per heavy atom. The molecule has 0 radical (unpaired) electrons. The summed E-state index contributed by atoms with van der Waals surface area (Å²) in [5, 5.41) is 3.98. The third-order valence-corrected chi connectivity index (χ3v) is 2.49. The molecule has 0 saturated heterocycles. The highest BCUT2D eigenvalue weighted by atomic mass is 16.3. The molecular weight excluding hydrogens is 218 g/mol. The summed E-state index contributed by atoms with van der Waals surface area (Å²) in [5.41, 5.74) is 0.582. The molecule has 2 aromatic rings. The summed E-state index contributed by atoms with van der Waals surface area (Å²) in [6.45, 7) is 2.34. The van der Waals surface area contributed by atoms with Crippen molar-refractivity contribution in [2.75, 3.05) is 7.05 Å². The number of carbonyl (C=O) groups excluding carboxylic acids is 1. The zero-order valence-corrected chi connectivity index (χ0v) is 10.2. The van der Waals surface area contributed by atoms with E-state index in [1.807, 2.05) is 19.1 Å². The second kappa shape index (κ2) is 4.45. The van der Waals surface area contributed by atoms with E-state index in [9.17, 15) is 4.79 Å². The predicted molar refractivity (Wildman–Crippen MR) is 62.5 cm³/mol. The minimum absolute atomic E-state index is 0.0628. The van der Waals surface area contributed by atoms with Crippen molar-refractivity contribution >= 4 is 5.91 Å². The predicted octanol–water partition coefficient (Wildman–Crippen LogP) is 1.59. The molecule has 17 heavy (non-hydrogen) atoms. The number of furan rings is 1. The van der Waals surface area contributed by atoms with E-state index in [4.69, 9.17) is 4.42 Å². The molecule has 0 aromatic carbocycles. The lowest BCUT2D eigenvalue weighted by Crippen LogP contribution is -2.25. The molecule has 0 aliphatic heterocycles. The van der Waals surface area contributed by atoms with E-state index in [2.05, 4.69) is 5.10 Å². The first-order valence-corrected chi connectivity index (χ1v) is 5.35. The monoisotopic (exact) mass is 233 g/mol. The number of rotatable bonds is 3. The lowest BCUT2D eigenvalue weighted by molar-refractivity contribution is 0.0775. The summed E-state index contributed by atoms with van der Waals surface area (Å²) < 4.78 is 7.04. The second-order valence-corrected chi connectivity index (χ2v) is 4.08. The van der Waals surface area contributed by atoms with Gasteiger partial charge in [-0.2, -0.15) is 5.10 Å². The van der Waals surface area contributed by atoms with Gasteiger partial charge in [0.25, 0.3) is 5.91 Å². The van der Waals surface area contributed by atoms with E-state index < -0.39 is 0 Å². The molecule has 0 atom stereocenters. The average molecular weight is 233 g/mol. The van der Waals surface area contributed by atoms with Gasteiger partial charge in [-0.25, -0.2) is 0 Å². The number of hydrogen-bond acceptors (Lipinski definition) is 3. The van der Waals surface area contributed by atoms with Gasteiger partial charge in [0.2, 0.25) is 0 Å². The number of carbonyl (C=O) groups is 1. The number of nitrogens with zero attached hydrogens (tertiary/aromatic N) is 3. The summed E-state index contributed by atoms with van der Waals surface area (Å²) in [6.07, 6.45) is 3.26. The van der Waals surface area contributed by atoms with E-state index in [0.717, 1.165) is 11.5 Å². The van der Waals surface area contributed by atoms with E-state index >= 15 is 0 Å². The van der Waals surface area contributed by atoms with Crippen molar-refractivity contribution in [3.8, 4) is 0 Å². The Hall–Kier alpha value is -2.04. The van der Waals surface area contributed by atoms with Crippen LogP contribution in [0.2, 0.25) is 0 Å². The van der Waals surface area contributed by atoms with Crippen LogP contribution in [0.3, 0.4) is 0 Å². The first-order chi connectivity index (χ1) is 8.06. The normalized spacial score (nSPS) is 10.5. The van der Waals surface area contributed by atoms with E-state index in [0.29, 0.717) is 12.1 Å². The van der Waals surface area contributed by atoms with Crippen LogP contribution in [0.25, 0.3) is 0 Å². The maximum Gasteiger partial charge on any atom is 0.257 e. The molecule has 0 fully saturated rings. The van der Waals surface area contributed by atoms with Crippen LogP contribution in [-0.2, 0) is 13.6 Å². The fourth-order valence-electron chi connectivity index (χ4n) is 1.63. The maximum absolute atomic E-state index is 12.0. The molecule has 0 aliphatic carbocycles. The van der Waals surface area contributed by atoms with Gasteiger partial charge in [0.15, 0.2) is 0 Å². The Morgan fingerprint density at radius 3 is 2.82 bits per heavy atom. The van der Waals surface area contributed by atoms with Crippen molar-refractivity contribution in [1.82, 2.24) is 14.7 Å². The third-order valence-electron chi connectivity index (χ3n) is 2.49. The van der Waals surface area contributed by atoms with Crippen LogP contribution in [-0.4, -0.2) is 27.6 Å². The summed E-state index contributed by atoms with van der Waals surface area (Å²) >= 11 is 0. The molecule has 0 unspecified atom stereocenters. The third kappa shape index (κ3) is 2.55. The van der Waals surface area contributed by atoms with Gasteiger partial charge < -0.3 is 9.32 Å². The standard InChI is InChI=1S/C12H15N3O2/c1-9-4-5-11(17-9)8-14(2)12(16)10-6-13-15(3)7-10/h4-7H,8H2,1-3H3. The molecule has 2 rings (SSSR count). The van der Waals surface area contributed by atoms with Gasteiger partial charge in [-0.05, 0) is 19.1 Å². The van der Waals surface area contributed by atoms with Gasteiger partial charge in [-0.3, -0.25) is 9.48 Å². The topological polar surface area (TPSA) is 51.3 Å². The van der Waals surface area contributed by atoms with Gasteiger partial charge in [-0.15, -0.1) is 0 Å². The molecule has 90 valence electrons. The summed E-state index contributed by atoms with van der Waals surface area (Å²) in [4.78, 5) is 13.6. The zero-order valence-electron chi connectivity index (χ0n) is 10.2. The van der Waals surface area contributed by atoms with Crippen LogP contribution in [0.5, 0.6) is 0 Å². The Morgan fingerprint density at radius 1 is 1.53 bits per heavy atom. The first-order valence-electron chi connectivity index (χ1n) is 5.35. The van der Waals surface area contributed by atoms with E-state index in [-0.39, 0.29) is 5.91 Å². The molecule has 1 amide bonds. The number of amides is 1. The maximum atomic E-state index is 12.0. The number of hydrogen-bond donors (Lipinski definition) is 0. The molecule has 0 bridgehead atoms. The second-order valence-electron chi connectivity index (χ2n) is 4.08. The van der Waals surface area contributed by atoms with E-state index in [1.165, 1.54) is 0 Å². The molecule has 5 heteroatoms. The minimum atomic E-state index is -0.0628. The van der Waals surface area contributed by atoms with Gasteiger partial charge in [0.1, 0.15) is 11.5 Å². The summed E-state index contributed by atoms with van der Waals surface area (Å²) in [7, 11) is 3.53. The lowest BCUT2D eigenvalue weighted by atomic mass is 10.3. The highest BCUT2D eigenvalue weighted by molar-refractivity contribution is 5.93.